The van der Waals surface area contributed by atoms with Gasteiger partial charge in [-0.2, -0.15) is 0 Å². The number of anilines is 1. The van der Waals surface area contributed by atoms with Crippen LogP contribution in [0.25, 0.3) is 0 Å². The van der Waals surface area contributed by atoms with E-state index in [0.29, 0.717) is 22.4 Å². The van der Waals surface area contributed by atoms with Gasteiger partial charge < -0.3 is 4.74 Å². The molecule has 1 aliphatic heterocycles. The third-order valence-electron chi connectivity index (χ3n) is 7.33. The Bertz CT molecular complexity index is 1160. The minimum atomic E-state index is -0.291. The summed E-state index contributed by atoms with van der Waals surface area (Å²) in [6.45, 7) is 1.64. The second-order valence-corrected chi connectivity index (χ2v) is 9.47. The van der Waals surface area contributed by atoms with Gasteiger partial charge in [0.15, 0.2) is 18.1 Å². The van der Waals surface area contributed by atoms with Crippen LogP contribution in [0.5, 0.6) is 5.75 Å². The van der Waals surface area contributed by atoms with Crippen LogP contribution >= 0.6 is 11.6 Å². The highest BCUT2D eigenvalue weighted by Crippen LogP contribution is 2.65. The molecule has 7 nitrogen and oxygen atoms in total. The van der Waals surface area contributed by atoms with Gasteiger partial charge in [-0.3, -0.25) is 14.4 Å². The molecule has 1 saturated heterocycles. The summed E-state index contributed by atoms with van der Waals surface area (Å²) in [4.78, 5) is 48.1. The first-order valence-electron chi connectivity index (χ1n) is 10.7. The van der Waals surface area contributed by atoms with Crippen LogP contribution in [-0.4, -0.2) is 34.2 Å². The van der Waals surface area contributed by atoms with E-state index < -0.39 is 0 Å². The number of imide groups is 1. The van der Waals surface area contributed by atoms with Crippen LogP contribution in [0.4, 0.5) is 5.95 Å². The Balaban J connectivity index is 1.15. The topological polar surface area (TPSA) is 89.5 Å². The number of ether oxygens (including phenoxy) is 1. The van der Waals surface area contributed by atoms with Gasteiger partial charge in [-0.05, 0) is 60.8 Å². The van der Waals surface area contributed by atoms with Crippen molar-refractivity contribution < 1.29 is 19.1 Å². The number of aryl methyl sites for hydroxylation is 1. The number of ketones is 1. The second-order valence-electron chi connectivity index (χ2n) is 9.06. The van der Waals surface area contributed by atoms with E-state index in [2.05, 4.69) is 22.1 Å². The fourth-order valence-electron chi connectivity index (χ4n) is 5.70. The predicted octanol–water partition coefficient (Wildman–Crippen LogP) is 3.26. The predicted molar refractivity (Wildman–Crippen MR) is 115 cm³/mol. The third-order valence-corrected chi connectivity index (χ3v) is 7.75. The molecule has 2 amide bonds. The Kier molecular flexibility index (Phi) is 4.27. The van der Waals surface area contributed by atoms with Crippen LogP contribution in [0, 0.1) is 42.4 Å². The Morgan fingerprint density at radius 1 is 1.09 bits per heavy atom. The van der Waals surface area contributed by atoms with Crippen molar-refractivity contribution in [3.8, 4) is 5.75 Å². The van der Waals surface area contributed by atoms with Crippen molar-refractivity contribution in [1.29, 1.82) is 0 Å². The Labute approximate surface area is 189 Å². The molecule has 6 atom stereocenters. The van der Waals surface area contributed by atoms with Crippen molar-refractivity contribution in [1.82, 2.24) is 9.97 Å². The number of carbonyl (C=O) groups excluding carboxylic acids is 3. The number of hydrogen-bond acceptors (Lipinski definition) is 6. The number of amides is 2. The second kappa shape index (κ2) is 6.97. The van der Waals surface area contributed by atoms with Crippen LogP contribution in [0.2, 0.25) is 5.02 Å². The molecule has 0 N–H and O–H groups in total. The lowest BCUT2D eigenvalue weighted by Crippen LogP contribution is -2.40. The van der Waals surface area contributed by atoms with Crippen molar-refractivity contribution in [3.63, 3.8) is 0 Å². The number of carbonyl (C=O) groups is 3. The smallest absolute Gasteiger partial charge is 0.240 e. The lowest BCUT2D eigenvalue weighted by Gasteiger charge is -2.37. The van der Waals surface area contributed by atoms with E-state index in [9.17, 15) is 14.4 Å². The maximum Gasteiger partial charge on any atom is 0.240 e. The first-order valence-corrected chi connectivity index (χ1v) is 11.1. The van der Waals surface area contributed by atoms with Gasteiger partial charge >= 0.3 is 0 Å². The molecule has 2 bridgehead atoms. The third kappa shape index (κ3) is 2.84. The number of benzene rings is 1. The van der Waals surface area contributed by atoms with Crippen LogP contribution in [-0.2, 0) is 9.59 Å². The summed E-state index contributed by atoms with van der Waals surface area (Å²) in [6, 6.07) is 5.04. The van der Waals surface area contributed by atoms with Crippen molar-refractivity contribution in [2.45, 2.75) is 13.3 Å². The van der Waals surface area contributed by atoms with E-state index in [0.717, 1.165) is 16.9 Å². The first kappa shape index (κ1) is 19.6. The van der Waals surface area contributed by atoms with Crippen LogP contribution < -0.4 is 9.64 Å². The molecule has 2 heterocycles. The lowest BCUT2D eigenvalue weighted by atomic mass is 9.63. The summed E-state index contributed by atoms with van der Waals surface area (Å²) in [7, 11) is 0. The number of allylic oxidation sites excluding steroid dienone is 2. The van der Waals surface area contributed by atoms with Crippen LogP contribution in [0.15, 0.2) is 42.7 Å². The largest absolute Gasteiger partial charge is 0.482 e. The zero-order chi connectivity index (χ0) is 22.1. The highest BCUT2D eigenvalue weighted by atomic mass is 35.5. The number of nitrogens with zero attached hydrogens (tertiary/aromatic N) is 3. The van der Waals surface area contributed by atoms with Gasteiger partial charge in [0.2, 0.25) is 17.8 Å². The van der Waals surface area contributed by atoms with Crippen molar-refractivity contribution in [2.75, 3.05) is 11.5 Å². The van der Waals surface area contributed by atoms with Crippen LogP contribution in [0.1, 0.15) is 22.3 Å². The van der Waals surface area contributed by atoms with Gasteiger partial charge in [-0.1, -0.05) is 23.8 Å². The van der Waals surface area contributed by atoms with Gasteiger partial charge in [0.25, 0.3) is 0 Å². The van der Waals surface area contributed by atoms with Gasteiger partial charge in [0.05, 0.1) is 24.2 Å². The number of aromatic nitrogens is 2. The standard InChI is InChI=1S/C24H20ClN3O4/c1-11-6-12(2-5-18(11)25)19(29)10-32-13-8-26-24(27-9-13)28-22(30)20-14-3-4-15(17-7-16(14)17)21(20)23(28)31/h2-6,8-9,14-17,20-21H,7,10H2,1H3/t14-,15+,16+,17-,20-,21+. The molecule has 0 radical (unpaired) electrons. The van der Waals surface area contributed by atoms with Crippen molar-refractivity contribution in [3.05, 3.63) is 58.9 Å². The zero-order valence-electron chi connectivity index (χ0n) is 17.3. The van der Waals surface area contributed by atoms with Crippen molar-refractivity contribution in [2.24, 2.45) is 35.5 Å². The van der Waals surface area contributed by atoms with E-state index in [-0.39, 0.29) is 59.6 Å². The van der Waals surface area contributed by atoms with E-state index in [1.54, 1.807) is 18.2 Å². The zero-order valence-corrected chi connectivity index (χ0v) is 18.0. The van der Waals surface area contributed by atoms with Gasteiger partial charge in [0.1, 0.15) is 0 Å². The fourth-order valence-corrected chi connectivity index (χ4v) is 5.82. The maximum atomic E-state index is 13.1. The molecule has 7 rings (SSSR count). The monoisotopic (exact) mass is 449 g/mol. The van der Waals surface area contributed by atoms with Crippen molar-refractivity contribution >= 4 is 35.1 Å². The molecule has 1 aromatic carbocycles. The summed E-state index contributed by atoms with van der Waals surface area (Å²) < 4.78 is 5.52. The molecule has 0 spiro atoms. The minimum Gasteiger partial charge on any atom is -0.482 e. The number of rotatable bonds is 5. The summed E-state index contributed by atoms with van der Waals surface area (Å²) in [5.41, 5.74) is 1.31. The highest BCUT2D eigenvalue weighted by molar-refractivity contribution is 6.31. The Morgan fingerprint density at radius 2 is 1.72 bits per heavy atom. The van der Waals surface area contributed by atoms with E-state index in [1.165, 1.54) is 12.4 Å². The SMILES string of the molecule is Cc1cc(C(=O)COc2cnc(N3C(=O)[C@@H]4[C@@H]5C=C[C@@H]([C@H]6C[C@@H]56)[C@@H]4C3=O)nc2)ccc1Cl. The first-order chi connectivity index (χ1) is 15.4. The number of hydrogen-bond donors (Lipinski definition) is 0. The Hall–Kier alpha value is -3.06. The molecule has 32 heavy (non-hydrogen) atoms. The summed E-state index contributed by atoms with van der Waals surface area (Å²) >= 11 is 6.00. The average molecular weight is 450 g/mol. The van der Waals surface area contributed by atoms with Gasteiger partial charge in [-0.25, -0.2) is 14.9 Å². The summed E-state index contributed by atoms with van der Waals surface area (Å²) in [6.07, 6.45) is 8.15. The van der Waals surface area contributed by atoms with E-state index >= 15 is 0 Å². The molecule has 2 saturated carbocycles. The average Bonchev–Trinajstić information content (AvgIpc) is 3.58. The quantitative estimate of drug-likeness (QED) is 0.395. The van der Waals surface area contributed by atoms with Gasteiger partial charge in [-0.15, -0.1) is 0 Å². The highest BCUT2D eigenvalue weighted by Gasteiger charge is 2.67. The molecule has 162 valence electrons. The number of Topliss-reactive ketones (excluding diaryl/α,β-unsaturated/α-hetero) is 1. The lowest BCUT2D eigenvalue weighted by molar-refractivity contribution is -0.124. The fraction of sp³-hybridized carbons (Fsp3) is 0.375. The molecule has 4 aliphatic carbocycles. The van der Waals surface area contributed by atoms with E-state index in [1.807, 2.05) is 6.92 Å². The maximum absolute atomic E-state index is 13.1. The Morgan fingerprint density at radius 3 is 2.31 bits per heavy atom. The molecule has 2 aromatic rings. The molecule has 3 fully saturated rings. The molecule has 8 heteroatoms. The molecule has 1 aromatic heterocycles. The van der Waals surface area contributed by atoms with Crippen LogP contribution in [0.3, 0.4) is 0 Å². The molecule has 5 aliphatic rings. The molecular formula is C24H20ClN3O4. The summed E-state index contributed by atoms with van der Waals surface area (Å²) in [5, 5.41) is 0.595. The summed E-state index contributed by atoms with van der Waals surface area (Å²) in [5.74, 6) is 0.554. The number of halogens is 1. The molecular weight excluding hydrogens is 430 g/mol. The minimum absolute atomic E-state index is 0.0643. The molecule has 0 unspecified atom stereocenters. The van der Waals surface area contributed by atoms with E-state index in [4.69, 9.17) is 16.3 Å². The normalized spacial score (nSPS) is 31.5. The van der Waals surface area contributed by atoms with Gasteiger partial charge in [0, 0.05) is 10.6 Å².